The van der Waals surface area contributed by atoms with Crippen LogP contribution < -0.4 is 0 Å². The van der Waals surface area contributed by atoms with Crippen LogP contribution in [0.3, 0.4) is 0 Å². The van der Waals surface area contributed by atoms with Crippen LogP contribution in [-0.4, -0.2) is 31.0 Å². The van der Waals surface area contributed by atoms with Gasteiger partial charge in [-0.25, -0.2) is 16.8 Å². The maximum atomic E-state index is 12.0. The molecule has 0 amide bonds. The molecular weight excluding hydrogens is 416 g/mol. The molecule has 2 aromatic carbocycles. The van der Waals surface area contributed by atoms with Gasteiger partial charge in [0.1, 0.15) is 30.9 Å². The average Bonchev–Trinajstić information content (AvgIpc) is 2.63. The van der Waals surface area contributed by atoms with E-state index in [1.165, 1.54) is 0 Å². The zero-order valence-corrected chi connectivity index (χ0v) is 18.0. The smallest absolute Gasteiger partial charge is 0.142 e. The molecule has 0 saturated carbocycles. The summed E-state index contributed by atoms with van der Waals surface area (Å²) in [6.07, 6.45) is 2.96. The molecule has 2 rings (SSSR count). The third-order valence-corrected chi connectivity index (χ3v) is 6.70. The van der Waals surface area contributed by atoms with Crippen LogP contribution in [0.4, 0.5) is 0 Å². The van der Waals surface area contributed by atoms with Gasteiger partial charge in [-0.2, -0.15) is 0 Å². The molecule has 0 atom stereocenters. The van der Waals surface area contributed by atoms with Crippen molar-refractivity contribution in [1.29, 1.82) is 0 Å². The van der Waals surface area contributed by atoms with Crippen molar-refractivity contribution in [1.82, 2.24) is 0 Å². The van der Waals surface area contributed by atoms with Gasteiger partial charge in [-0.3, -0.25) is 0 Å². The summed E-state index contributed by atoms with van der Waals surface area (Å²) in [5.41, 5.74) is 0.938. The molecule has 160 valence electrons. The maximum Gasteiger partial charge on any atom is 0.142 e. The zero-order valence-electron chi connectivity index (χ0n) is 16.3. The van der Waals surface area contributed by atoms with Crippen molar-refractivity contribution in [3.05, 3.63) is 41.5 Å². The van der Waals surface area contributed by atoms with E-state index in [1.807, 2.05) is 13.8 Å². The highest BCUT2D eigenvalue weighted by Gasteiger charge is 2.30. The normalized spacial score (nSPS) is 12.3. The summed E-state index contributed by atoms with van der Waals surface area (Å²) in [7, 11) is -10.8. The summed E-state index contributed by atoms with van der Waals surface area (Å²) in [6.45, 7) is 3.79. The van der Waals surface area contributed by atoms with Gasteiger partial charge in [-0.15, -0.1) is 0 Å². The first kappa shape index (κ1) is 23.3. The predicted octanol–water partition coefficient (Wildman–Crippen LogP) is 3.55. The molecule has 1 N–H and O–H groups in total. The zero-order chi connectivity index (χ0) is 21.8. The number of unbranched alkanes of at least 4 members (excludes halogenated alkanes) is 2. The number of aromatic hydroxyl groups is 1. The van der Waals surface area contributed by atoms with Gasteiger partial charge < -0.3 is 14.2 Å². The van der Waals surface area contributed by atoms with E-state index in [9.17, 15) is 31.0 Å². The van der Waals surface area contributed by atoms with Crippen LogP contribution >= 0.6 is 0 Å². The molecule has 9 heteroatoms. The molecule has 0 aliphatic heterocycles. The Morgan fingerprint density at radius 2 is 1.28 bits per heavy atom. The van der Waals surface area contributed by atoms with E-state index in [4.69, 9.17) is 0 Å². The largest absolute Gasteiger partial charge is 0.744 e. The van der Waals surface area contributed by atoms with Crippen LogP contribution in [0.2, 0.25) is 0 Å². The van der Waals surface area contributed by atoms with Gasteiger partial charge in [0.15, 0.2) is 0 Å². The number of phenols is 1. The Morgan fingerprint density at radius 3 is 1.72 bits per heavy atom. The summed E-state index contributed by atoms with van der Waals surface area (Å²) in [5.74, 6) is -0.980. The van der Waals surface area contributed by atoms with Crippen molar-refractivity contribution in [2.75, 3.05) is 0 Å². The number of phenolic OH excluding ortho intramolecular Hbond substituents is 1. The molecule has 0 saturated heterocycles. The summed E-state index contributed by atoms with van der Waals surface area (Å²) in [6, 6.07) is 8.33. The Bertz CT molecular complexity index is 1070. The summed E-state index contributed by atoms with van der Waals surface area (Å²) < 4.78 is 71.9. The SMILES string of the molecule is CCCCc1c(CCCC)c(S(=O)(=O)[O-])c(S(=O)(=O)[O-])c(O)c1-c1ccccc1. The number of rotatable bonds is 9. The Balaban J connectivity index is 3.12. The van der Waals surface area contributed by atoms with Gasteiger partial charge in [0.2, 0.25) is 0 Å². The van der Waals surface area contributed by atoms with Crippen LogP contribution in [-0.2, 0) is 33.1 Å². The van der Waals surface area contributed by atoms with Gasteiger partial charge in [-0.1, -0.05) is 57.0 Å². The highest BCUT2D eigenvalue weighted by molar-refractivity contribution is 7.89. The molecule has 0 spiro atoms. The van der Waals surface area contributed by atoms with Crippen molar-refractivity contribution in [3.63, 3.8) is 0 Å². The molecule has 2 aromatic rings. The fraction of sp³-hybridized carbons (Fsp3) is 0.400. The van der Waals surface area contributed by atoms with E-state index in [2.05, 4.69) is 0 Å². The third kappa shape index (κ3) is 5.16. The first-order chi connectivity index (χ1) is 13.5. The van der Waals surface area contributed by atoms with Crippen molar-refractivity contribution in [2.45, 2.75) is 62.2 Å². The molecule has 0 heterocycles. The van der Waals surface area contributed by atoms with Crippen molar-refractivity contribution < 1.29 is 31.0 Å². The van der Waals surface area contributed by atoms with Crippen LogP contribution in [0.1, 0.15) is 50.7 Å². The lowest BCUT2D eigenvalue weighted by Crippen LogP contribution is -2.16. The summed E-state index contributed by atoms with van der Waals surface area (Å²) in [5, 5.41) is 10.8. The quantitative estimate of drug-likeness (QED) is 0.589. The Kier molecular flexibility index (Phi) is 7.45. The highest BCUT2D eigenvalue weighted by atomic mass is 32.2. The van der Waals surface area contributed by atoms with Crippen LogP contribution in [0, 0.1) is 0 Å². The molecule has 0 aromatic heterocycles. The fourth-order valence-electron chi connectivity index (χ4n) is 3.45. The summed E-state index contributed by atoms with van der Waals surface area (Å²) in [4.78, 5) is -2.46. The molecule has 0 aliphatic carbocycles. The van der Waals surface area contributed by atoms with E-state index in [-0.39, 0.29) is 17.5 Å². The summed E-state index contributed by atoms with van der Waals surface area (Å²) >= 11 is 0. The molecule has 0 radical (unpaired) electrons. The predicted molar refractivity (Wildman–Crippen MR) is 107 cm³/mol. The first-order valence-corrected chi connectivity index (χ1v) is 12.2. The number of hydrogen-bond donors (Lipinski definition) is 1. The minimum absolute atomic E-state index is 0.0152. The van der Waals surface area contributed by atoms with Crippen molar-refractivity contribution in [2.24, 2.45) is 0 Å². The lowest BCUT2D eigenvalue weighted by atomic mass is 9.89. The second kappa shape index (κ2) is 9.25. The lowest BCUT2D eigenvalue weighted by Gasteiger charge is -2.26. The molecule has 0 unspecified atom stereocenters. The van der Waals surface area contributed by atoms with E-state index >= 15 is 0 Å². The Morgan fingerprint density at radius 1 is 0.793 bits per heavy atom. The first-order valence-electron chi connectivity index (χ1n) is 9.41. The third-order valence-electron chi connectivity index (χ3n) is 4.72. The number of benzene rings is 2. The second-order valence-corrected chi connectivity index (χ2v) is 9.45. The Labute approximate surface area is 171 Å². The standard InChI is InChI=1S/C20H26O7S2/c1-3-5-12-15-16(13-6-4-2)19(28(22,23)24)20(29(25,26)27)18(21)17(15)14-10-8-7-9-11-14/h7-11,21H,3-6,12-13H2,1-2H3,(H,22,23,24)(H,25,26,27)/p-2. The minimum atomic E-state index is -5.44. The second-order valence-electron chi connectivity index (χ2n) is 6.82. The van der Waals surface area contributed by atoms with Crippen LogP contribution in [0.5, 0.6) is 5.75 Å². The minimum Gasteiger partial charge on any atom is -0.744 e. The average molecular weight is 441 g/mol. The molecule has 0 bridgehead atoms. The van der Waals surface area contributed by atoms with E-state index in [0.717, 1.165) is 6.42 Å². The molecular formula is C20H24O7S2-2. The maximum absolute atomic E-state index is 12.0. The number of hydrogen-bond acceptors (Lipinski definition) is 7. The monoisotopic (exact) mass is 440 g/mol. The molecule has 0 fully saturated rings. The van der Waals surface area contributed by atoms with Gasteiger partial charge in [-0.05, 0) is 42.4 Å². The van der Waals surface area contributed by atoms with Crippen LogP contribution in [0.25, 0.3) is 11.1 Å². The van der Waals surface area contributed by atoms with Gasteiger partial charge >= 0.3 is 0 Å². The van der Waals surface area contributed by atoms with Crippen LogP contribution in [0.15, 0.2) is 40.1 Å². The van der Waals surface area contributed by atoms with Gasteiger partial charge in [0, 0.05) is 5.56 Å². The van der Waals surface area contributed by atoms with E-state index in [0.29, 0.717) is 36.8 Å². The topological polar surface area (TPSA) is 135 Å². The van der Waals surface area contributed by atoms with Crippen molar-refractivity contribution in [3.8, 4) is 16.9 Å². The van der Waals surface area contributed by atoms with Gasteiger partial charge in [0.05, 0.1) is 4.90 Å². The van der Waals surface area contributed by atoms with E-state index in [1.54, 1.807) is 30.3 Å². The van der Waals surface area contributed by atoms with Gasteiger partial charge in [0.25, 0.3) is 0 Å². The fourth-order valence-corrected chi connectivity index (χ4v) is 5.60. The highest BCUT2D eigenvalue weighted by Crippen LogP contribution is 2.45. The molecule has 29 heavy (non-hydrogen) atoms. The van der Waals surface area contributed by atoms with E-state index < -0.39 is 35.8 Å². The lowest BCUT2D eigenvalue weighted by molar-refractivity contribution is 0.419. The Hall–Kier alpha value is -1.94. The molecule has 0 aliphatic rings. The van der Waals surface area contributed by atoms with Crippen molar-refractivity contribution >= 4 is 20.2 Å². The molecule has 7 nitrogen and oxygen atoms in total.